The van der Waals surface area contributed by atoms with Crippen LogP contribution in [0.2, 0.25) is 0 Å². The number of benzene rings is 1. The van der Waals surface area contributed by atoms with Gasteiger partial charge in [0, 0.05) is 5.69 Å². The van der Waals surface area contributed by atoms with Gasteiger partial charge in [-0.25, -0.2) is 0 Å². The van der Waals surface area contributed by atoms with Crippen LogP contribution in [0, 0.1) is 6.92 Å². The molecule has 2 N–H and O–H groups in total. The summed E-state index contributed by atoms with van der Waals surface area (Å²) in [5, 5.41) is 13.0. The fourth-order valence-corrected chi connectivity index (χ4v) is 5.04. The van der Waals surface area contributed by atoms with E-state index < -0.39 is 0 Å². The van der Waals surface area contributed by atoms with E-state index in [1.54, 1.807) is 0 Å². The molecule has 0 fully saturated rings. The maximum atomic E-state index is 13.4. The second kappa shape index (κ2) is 14.9. The average Bonchev–Trinajstić information content (AvgIpc) is 2.84. The molecule has 1 aliphatic heterocycles. The first-order chi connectivity index (χ1) is 16.7. The van der Waals surface area contributed by atoms with E-state index in [-0.39, 0.29) is 18.6 Å². The third-order valence-electron chi connectivity index (χ3n) is 7.13. The molecule has 0 saturated heterocycles. The van der Waals surface area contributed by atoms with Gasteiger partial charge in [-0.05, 0) is 56.2 Å². The highest BCUT2D eigenvalue weighted by Gasteiger charge is 2.19. The lowest BCUT2D eigenvalue weighted by Crippen LogP contribution is -2.39. The van der Waals surface area contributed by atoms with E-state index in [1.807, 2.05) is 30.3 Å². The number of hydrogen-bond donors (Lipinski definition) is 2. The van der Waals surface area contributed by atoms with Crippen molar-refractivity contribution >= 4 is 5.91 Å². The largest absolute Gasteiger partial charge is 0.394 e. The summed E-state index contributed by atoms with van der Waals surface area (Å²) in [4.78, 5) is 18.3. The summed E-state index contributed by atoms with van der Waals surface area (Å²) in [5.74, 6) is -0.104. The minimum absolute atomic E-state index is 0.0812. The molecule has 4 rings (SSSR count). The van der Waals surface area contributed by atoms with E-state index in [0.717, 1.165) is 42.6 Å². The number of aliphatic hydroxyl groups excluding tert-OH is 1. The van der Waals surface area contributed by atoms with Crippen LogP contribution in [0.15, 0.2) is 36.4 Å². The van der Waals surface area contributed by atoms with E-state index in [1.165, 1.54) is 69.8 Å². The van der Waals surface area contributed by atoms with Crippen LogP contribution in [0.1, 0.15) is 110 Å². The van der Waals surface area contributed by atoms with Gasteiger partial charge in [-0.15, -0.1) is 0 Å². The number of aliphatic hydroxyl groups is 1. The van der Waals surface area contributed by atoms with Crippen molar-refractivity contribution in [3.05, 3.63) is 64.5 Å². The summed E-state index contributed by atoms with van der Waals surface area (Å²) in [5.41, 5.74) is 4.98. The smallest absolute Gasteiger partial charge is 0.253 e. The Balaban J connectivity index is 1.74. The van der Waals surface area contributed by atoms with Gasteiger partial charge in [-0.3, -0.25) is 9.78 Å². The normalized spacial score (nSPS) is 17.5. The number of nitrogens with one attached hydrogen (secondary N) is 1. The lowest BCUT2D eigenvalue weighted by Gasteiger charge is -2.19. The first-order valence-corrected chi connectivity index (χ1v) is 13.6. The third-order valence-corrected chi connectivity index (χ3v) is 7.13. The summed E-state index contributed by atoms with van der Waals surface area (Å²) in [7, 11) is 0. The molecule has 1 aromatic heterocycles. The van der Waals surface area contributed by atoms with Gasteiger partial charge in [0.2, 0.25) is 0 Å². The monoisotopic (exact) mass is 464 g/mol. The van der Waals surface area contributed by atoms with Crippen LogP contribution >= 0.6 is 0 Å². The SMILES string of the molecule is Cc1nc2c(C(=O)N[C@H](CO)Cc3ccccc3)cc1CCCCCCCCCCCCCC2. The molecule has 2 aliphatic rings. The number of pyridine rings is 1. The zero-order valence-corrected chi connectivity index (χ0v) is 21.2. The topological polar surface area (TPSA) is 62.2 Å². The van der Waals surface area contributed by atoms with Crippen LogP contribution in [0.25, 0.3) is 0 Å². The highest BCUT2D eigenvalue weighted by atomic mass is 16.3. The summed E-state index contributed by atoms with van der Waals surface area (Å²) < 4.78 is 0. The summed E-state index contributed by atoms with van der Waals surface area (Å²) >= 11 is 0. The van der Waals surface area contributed by atoms with Crippen LogP contribution in [0.4, 0.5) is 0 Å². The van der Waals surface area contributed by atoms with Crippen LogP contribution in [0.5, 0.6) is 0 Å². The van der Waals surface area contributed by atoms with Crippen molar-refractivity contribution in [1.29, 1.82) is 0 Å². The molecule has 34 heavy (non-hydrogen) atoms. The van der Waals surface area contributed by atoms with E-state index in [0.29, 0.717) is 12.0 Å². The lowest BCUT2D eigenvalue weighted by atomic mass is 9.97. The Hall–Kier alpha value is -2.20. The summed E-state index contributed by atoms with van der Waals surface area (Å²) in [6.07, 6.45) is 17.8. The molecule has 0 saturated carbocycles. The van der Waals surface area contributed by atoms with Gasteiger partial charge in [0.1, 0.15) is 0 Å². The van der Waals surface area contributed by atoms with Crippen LogP contribution in [-0.2, 0) is 19.3 Å². The Morgan fingerprint density at radius 3 is 2.03 bits per heavy atom. The van der Waals surface area contributed by atoms with Crippen molar-refractivity contribution in [3.8, 4) is 0 Å². The van der Waals surface area contributed by atoms with Crippen molar-refractivity contribution in [2.75, 3.05) is 6.61 Å². The van der Waals surface area contributed by atoms with Crippen molar-refractivity contribution in [2.45, 2.75) is 109 Å². The zero-order valence-electron chi connectivity index (χ0n) is 21.2. The number of hydrogen-bond acceptors (Lipinski definition) is 3. The number of carbonyl (C=O) groups excluding carboxylic acids is 1. The van der Waals surface area contributed by atoms with Gasteiger partial charge in [0.25, 0.3) is 5.91 Å². The fraction of sp³-hybridized carbons (Fsp3) is 0.600. The molecule has 1 aliphatic carbocycles. The van der Waals surface area contributed by atoms with Crippen molar-refractivity contribution in [2.24, 2.45) is 0 Å². The van der Waals surface area contributed by atoms with Gasteiger partial charge in [0.05, 0.1) is 23.9 Å². The average molecular weight is 465 g/mol. The molecule has 4 nitrogen and oxygen atoms in total. The number of rotatable bonds is 5. The zero-order chi connectivity index (χ0) is 24.0. The van der Waals surface area contributed by atoms with Gasteiger partial charge < -0.3 is 10.4 Å². The molecular weight excluding hydrogens is 420 g/mol. The quantitative estimate of drug-likeness (QED) is 0.531. The molecule has 0 spiro atoms. The highest BCUT2D eigenvalue weighted by molar-refractivity contribution is 5.95. The molecule has 1 aromatic carbocycles. The molecule has 1 atom stereocenters. The first-order valence-electron chi connectivity index (χ1n) is 13.6. The Labute approximate surface area is 206 Å². The van der Waals surface area contributed by atoms with Gasteiger partial charge in [0.15, 0.2) is 0 Å². The van der Waals surface area contributed by atoms with E-state index in [9.17, 15) is 9.90 Å². The number of amides is 1. The van der Waals surface area contributed by atoms with E-state index in [2.05, 4.69) is 18.3 Å². The molecular formula is C30H44N2O2. The van der Waals surface area contributed by atoms with E-state index in [4.69, 9.17) is 4.98 Å². The molecule has 2 bridgehead atoms. The predicted molar refractivity (Wildman–Crippen MR) is 140 cm³/mol. The van der Waals surface area contributed by atoms with Gasteiger partial charge in [-0.2, -0.15) is 0 Å². The second-order valence-corrected chi connectivity index (χ2v) is 10.0. The third kappa shape index (κ3) is 8.87. The Bertz CT molecular complexity index is 866. The molecule has 0 radical (unpaired) electrons. The van der Waals surface area contributed by atoms with Gasteiger partial charge >= 0.3 is 0 Å². The van der Waals surface area contributed by atoms with E-state index >= 15 is 0 Å². The highest BCUT2D eigenvalue weighted by Crippen LogP contribution is 2.20. The molecule has 186 valence electrons. The van der Waals surface area contributed by atoms with Crippen LogP contribution in [0.3, 0.4) is 0 Å². The fourth-order valence-electron chi connectivity index (χ4n) is 5.04. The first kappa shape index (κ1) is 26.4. The molecule has 2 heterocycles. The van der Waals surface area contributed by atoms with Crippen molar-refractivity contribution in [3.63, 3.8) is 0 Å². The Morgan fingerprint density at radius 2 is 1.44 bits per heavy atom. The molecule has 1 amide bonds. The maximum absolute atomic E-state index is 13.4. The summed E-state index contributed by atoms with van der Waals surface area (Å²) in [6.45, 7) is 2.01. The minimum Gasteiger partial charge on any atom is -0.394 e. The number of carbonyl (C=O) groups is 1. The predicted octanol–water partition coefficient (Wildman–Crippen LogP) is 6.50. The van der Waals surface area contributed by atoms with Crippen molar-refractivity contribution < 1.29 is 9.90 Å². The molecule has 2 aromatic rings. The molecule has 4 heteroatoms. The maximum Gasteiger partial charge on any atom is 0.253 e. The second-order valence-electron chi connectivity index (χ2n) is 10.0. The molecule has 0 unspecified atom stereocenters. The standard InChI is InChI=1S/C30H44N2O2/c1-24-26-19-15-10-8-6-4-2-3-5-7-9-11-16-20-29(31-24)28(22-26)30(34)32-27(23-33)21-25-17-13-12-14-18-25/h12-14,17-18,22,27,33H,2-11,15-16,19-21,23H2,1H3,(H,32,34)/t27-/m0/s1. The van der Waals surface area contributed by atoms with Crippen molar-refractivity contribution in [1.82, 2.24) is 10.3 Å². The van der Waals surface area contributed by atoms with Gasteiger partial charge in [-0.1, -0.05) is 94.5 Å². The summed E-state index contributed by atoms with van der Waals surface area (Å²) in [6, 6.07) is 11.8. The van der Waals surface area contributed by atoms with Crippen LogP contribution in [-0.4, -0.2) is 28.6 Å². The van der Waals surface area contributed by atoms with Crippen LogP contribution < -0.4 is 5.32 Å². The Kier molecular flexibility index (Phi) is 11.6. The number of aryl methyl sites for hydroxylation is 3. The Morgan fingerprint density at radius 1 is 0.882 bits per heavy atom. The number of aromatic nitrogens is 1. The lowest BCUT2D eigenvalue weighted by molar-refractivity contribution is 0.0915. The number of nitrogens with zero attached hydrogens (tertiary/aromatic N) is 1. The number of fused-ring (bicyclic) bond motifs is 15. The minimum atomic E-state index is -0.307.